The maximum atomic E-state index is 12.9. The first-order valence-electron chi connectivity index (χ1n) is 7.83. The minimum Gasteiger partial charge on any atom is -0.325 e. The molecule has 1 unspecified atom stereocenters. The fourth-order valence-corrected chi connectivity index (χ4v) is 3.19. The number of carbonyl (C=O) groups is 3. The SMILES string of the molecule is CC1(C2CC2)NC(=O)N(CC(=O)Nc2ccc(Cl)c(C(F)(F)F)c2)C1=O. The summed E-state index contributed by atoms with van der Waals surface area (Å²) in [6, 6.07) is 2.22. The number of anilines is 1. The number of hydrogen-bond donors (Lipinski definition) is 2. The van der Waals surface area contributed by atoms with Crippen LogP contribution in [0.5, 0.6) is 0 Å². The molecule has 4 amide bonds. The lowest BCUT2D eigenvalue weighted by molar-refractivity contribution is -0.137. The average molecular weight is 390 g/mol. The van der Waals surface area contributed by atoms with Crippen LogP contribution in [0.1, 0.15) is 25.3 Å². The predicted octanol–water partition coefficient (Wildman–Crippen LogP) is 3.02. The standard InChI is InChI=1S/C16H15ClF3N3O3/c1-15(8-2-3-8)13(25)23(14(26)22-15)7-12(24)21-9-4-5-11(17)10(6-9)16(18,19)20/h4-6,8H,2-3,7H2,1H3,(H,21,24)(H,22,26). The van der Waals surface area contributed by atoms with Gasteiger partial charge in [-0.3, -0.25) is 14.5 Å². The molecular weight excluding hydrogens is 375 g/mol. The van der Waals surface area contributed by atoms with E-state index < -0.39 is 46.7 Å². The number of amides is 4. The Morgan fingerprint density at radius 1 is 1.38 bits per heavy atom. The number of nitrogens with one attached hydrogen (secondary N) is 2. The second-order valence-corrected chi connectivity index (χ2v) is 6.95. The van der Waals surface area contributed by atoms with Gasteiger partial charge < -0.3 is 10.6 Å². The van der Waals surface area contributed by atoms with Crippen LogP contribution in [0.3, 0.4) is 0 Å². The van der Waals surface area contributed by atoms with Gasteiger partial charge in [0.05, 0.1) is 10.6 Å². The fourth-order valence-electron chi connectivity index (χ4n) is 2.96. The third-order valence-electron chi connectivity index (χ3n) is 4.55. The van der Waals surface area contributed by atoms with Crippen LogP contribution in [0.15, 0.2) is 18.2 Å². The topological polar surface area (TPSA) is 78.5 Å². The van der Waals surface area contributed by atoms with Gasteiger partial charge in [-0.2, -0.15) is 13.2 Å². The van der Waals surface area contributed by atoms with Gasteiger partial charge in [0.1, 0.15) is 12.1 Å². The molecule has 1 heterocycles. The maximum Gasteiger partial charge on any atom is 0.417 e. The van der Waals surface area contributed by atoms with Crippen molar-refractivity contribution in [2.24, 2.45) is 5.92 Å². The van der Waals surface area contributed by atoms with Crippen LogP contribution < -0.4 is 10.6 Å². The van der Waals surface area contributed by atoms with Gasteiger partial charge in [0.2, 0.25) is 5.91 Å². The van der Waals surface area contributed by atoms with Crippen LogP contribution in [0, 0.1) is 5.92 Å². The number of nitrogens with zero attached hydrogens (tertiary/aromatic N) is 1. The third kappa shape index (κ3) is 3.35. The minimum absolute atomic E-state index is 0.0395. The van der Waals surface area contributed by atoms with E-state index in [9.17, 15) is 27.6 Å². The van der Waals surface area contributed by atoms with E-state index in [0.717, 1.165) is 23.8 Å². The van der Waals surface area contributed by atoms with Gasteiger partial charge in [0.25, 0.3) is 5.91 Å². The molecule has 3 rings (SSSR count). The molecule has 1 saturated carbocycles. The van der Waals surface area contributed by atoms with Crippen molar-refractivity contribution in [1.82, 2.24) is 10.2 Å². The number of halogens is 4. The lowest BCUT2D eigenvalue weighted by Crippen LogP contribution is -2.46. The molecule has 1 atom stereocenters. The number of imide groups is 1. The molecule has 0 radical (unpaired) electrons. The van der Waals surface area contributed by atoms with Gasteiger partial charge in [-0.15, -0.1) is 0 Å². The number of rotatable bonds is 4. The lowest BCUT2D eigenvalue weighted by Gasteiger charge is -2.20. The Morgan fingerprint density at radius 2 is 2.04 bits per heavy atom. The molecule has 1 aliphatic heterocycles. The van der Waals surface area contributed by atoms with Crippen molar-refractivity contribution in [3.63, 3.8) is 0 Å². The molecule has 2 N–H and O–H groups in total. The van der Waals surface area contributed by atoms with E-state index in [-0.39, 0.29) is 11.6 Å². The van der Waals surface area contributed by atoms with Crippen molar-refractivity contribution < 1.29 is 27.6 Å². The molecule has 2 aliphatic rings. The first-order chi connectivity index (χ1) is 12.0. The van der Waals surface area contributed by atoms with E-state index in [1.807, 2.05) is 0 Å². The second kappa shape index (κ2) is 6.15. The number of carbonyl (C=O) groups excluding carboxylic acids is 3. The Labute approximate surface area is 151 Å². The van der Waals surface area contributed by atoms with E-state index in [1.54, 1.807) is 6.92 Å². The molecular formula is C16H15ClF3N3O3. The monoisotopic (exact) mass is 389 g/mol. The summed E-state index contributed by atoms with van der Waals surface area (Å²) in [5, 5.41) is 4.34. The van der Waals surface area contributed by atoms with Gasteiger partial charge in [0, 0.05) is 5.69 Å². The normalized spacial score (nSPS) is 23.2. The van der Waals surface area contributed by atoms with Crippen LogP contribution in [0.2, 0.25) is 5.02 Å². The van der Waals surface area contributed by atoms with Crippen molar-refractivity contribution in [3.05, 3.63) is 28.8 Å². The van der Waals surface area contributed by atoms with E-state index in [1.165, 1.54) is 6.07 Å². The van der Waals surface area contributed by atoms with Crippen molar-refractivity contribution in [1.29, 1.82) is 0 Å². The number of hydrogen-bond acceptors (Lipinski definition) is 3. The molecule has 10 heteroatoms. The molecule has 0 bridgehead atoms. The predicted molar refractivity (Wildman–Crippen MR) is 86.5 cm³/mol. The summed E-state index contributed by atoms with van der Waals surface area (Å²) in [6.07, 6.45) is -3.05. The minimum atomic E-state index is -4.67. The molecule has 2 fully saturated rings. The molecule has 1 aromatic carbocycles. The van der Waals surface area contributed by atoms with Crippen LogP contribution >= 0.6 is 11.6 Å². The van der Waals surface area contributed by atoms with Crippen molar-refractivity contribution >= 4 is 35.1 Å². The van der Waals surface area contributed by atoms with E-state index in [0.29, 0.717) is 6.07 Å². The molecule has 1 aromatic rings. The highest BCUT2D eigenvalue weighted by Gasteiger charge is 2.56. The zero-order valence-corrected chi connectivity index (χ0v) is 14.4. The summed E-state index contributed by atoms with van der Waals surface area (Å²) in [5.74, 6) is -1.26. The Bertz CT molecular complexity index is 795. The quantitative estimate of drug-likeness (QED) is 0.777. The Morgan fingerprint density at radius 3 is 2.62 bits per heavy atom. The molecule has 140 valence electrons. The lowest BCUT2D eigenvalue weighted by atomic mass is 9.96. The van der Waals surface area contributed by atoms with Crippen LogP contribution in [0.4, 0.5) is 23.7 Å². The van der Waals surface area contributed by atoms with E-state index in [4.69, 9.17) is 11.6 Å². The summed E-state index contributed by atoms with van der Waals surface area (Å²) in [5.41, 5.74) is -2.25. The summed E-state index contributed by atoms with van der Waals surface area (Å²) < 4.78 is 38.6. The van der Waals surface area contributed by atoms with Gasteiger partial charge in [-0.25, -0.2) is 4.79 Å². The first kappa shape index (κ1) is 18.5. The summed E-state index contributed by atoms with van der Waals surface area (Å²) in [7, 11) is 0. The Kier molecular flexibility index (Phi) is 4.38. The average Bonchev–Trinajstić information content (AvgIpc) is 3.34. The highest BCUT2D eigenvalue weighted by molar-refractivity contribution is 6.31. The van der Waals surface area contributed by atoms with Crippen LogP contribution in [-0.4, -0.2) is 34.8 Å². The summed E-state index contributed by atoms with van der Waals surface area (Å²) in [6.45, 7) is 1.02. The molecule has 6 nitrogen and oxygen atoms in total. The highest BCUT2D eigenvalue weighted by Crippen LogP contribution is 2.42. The summed E-state index contributed by atoms with van der Waals surface area (Å²) >= 11 is 5.52. The Balaban J connectivity index is 1.70. The van der Waals surface area contributed by atoms with E-state index >= 15 is 0 Å². The fraction of sp³-hybridized carbons (Fsp3) is 0.438. The zero-order chi connectivity index (χ0) is 19.3. The highest BCUT2D eigenvalue weighted by atomic mass is 35.5. The largest absolute Gasteiger partial charge is 0.417 e. The molecule has 0 aromatic heterocycles. The first-order valence-corrected chi connectivity index (χ1v) is 8.21. The maximum absolute atomic E-state index is 12.9. The second-order valence-electron chi connectivity index (χ2n) is 6.54. The third-order valence-corrected chi connectivity index (χ3v) is 4.88. The van der Waals surface area contributed by atoms with E-state index in [2.05, 4.69) is 10.6 Å². The number of urea groups is 1. The van der Waals surface area contributed by atoms with Crippen LogP contribution in [0.25, 0.3) is 0 Å². The van der Waals surface area contributed by atoms with Crippen LogP contribution in [-0.2, 0) is 15.8 Å². The Hall–Kier alpha value is -2.29. The number of benzene rings is 1. The van der Waals surface area contributed by atoms with Gasteiger partial charge in [-0.05, 0) is 43.9 Å². The molecule has 26 heavy (non-hydrogen) atoms. The molecule has 1 saturated heterocycles. The van der Waals surface area contributed by atoms with Crippen molar-refractivity contribution in [2.75, 3.05) is 11.9 Å². The summed E-state index contributed by atoms with van der Waals surface area (Å²) in [4.78, 5) is 37.3. The van der Waals surface area contributed by atoms with Crippen molar-refractivity contribution in [3.8, 4) is 0 Å². The van der Waals surface area contributed by atoms with Gasteiger partial charge in [0.15, 0.2) is 0 Å². The van der Waals surface area contributed by atoms with Gasteiger partial charge in [-0.1, -0.05) is 11.6 Å². The number of alkyl halides is 3. The smallest absolute Gasteiger partial charge is 0.325 e. The van der Waals surface area contributed by atoms with Crippen molar-refractivity contribution in [2.45, 2.75) is 31.5 Å². The van der Waals surface area contributed by atoms with Gasteiger partial charge >= 0.3 is 12.2 Å². The molecule has 0 spiro atoms. The molecule has 1 aliphatic carbocycles. The zero-order valence-electron chi connectivity index (χ0n) is 13.6.